The van der Waals surface area contributed by atoms with Crippen LogP contribution in [0.2, 0.25) is 0 Å². The molecule has 0 bridgehead atoms. The number of ether oxygens (including phenoxy) is 1. The fourth-order valence-electron chi connectivity index (χ4n) is 1.42. The lowest BCUT2D eigenvalue weighted by molar-refractivity contribution is -0.126. The van der Waals surface area contributed by atoms with E-state index >= 15 is 0 Å². The third-order valence-electron chi connectivity index (χ3n) is 2.63. The normalized spacial score (nSPS) is 11.9. The van der Waals surface area contributed by atoms with Crippen LogP contribution in [0.3, 0.4) is 0 Å². The predicted molar refractivity (Wildman–Crippen MR) is 72.4 cm³/mol. The second-order valence-electron chi connectivity index (χ2n) is 4.24. The van der Waals surface area contributed by atoms with Gasteiger partial charge in [0.25, 0.3) is 5.91 Å². The van der Waals surface area contributed by atoms with Crippen molar-refractivity contribution in [3.05, 3.63) is 29.8 Å². The van der Waals surface area contributed by atoms with E-state index in [0.717, 1.165) is 12.8 Å². The first kappa shape index (κ1) is 15.2. The first-order valence-corrected chi connectivity index (χ1v) is 6.30. The highest BCUT2D eigenvalue weighted by Gasteiger charge is 2.13. The quantitative estimate of drug-likeness (QED) is 0.743. The number of carbonyl (C=O) groups is 2. The van der Waals surface area contributed by atoms with Gasteiger partial charge in [0.15, 0.2) is 0 Å². The molecule has 0 saturated heterocycles. The Labute approximate surface area is 112 Å². The van der Waals surface area contributed by atoms with Gasteiger partial charge in [0.05, 0.1) is 5.56 Å². The number of nitrogens with one attached hydrogen (secondary N) is 1. The minimum Gasteiger partial charge on any atom is -0.478 e. The zero-order chi connectivity index (χ0) is 14.3. The fourth-order valence-corrected chi connectivity index (χ4v) is 1.42. The van der Waals surface area contributed by atoms with Gasteiger partial charge in [-0.15, -0.1) is 0 Å². The molecule has 0 spiro atoms. The number of carbonyl (C=O) groups excluding carboxylic acids is 1. The molecule has 1 unspecified atom stereocenters. The van der Waals surface area contributed by atoms with Crippen LogP contribution in [-0.4, -0.2) is 29.7 Å². The lowest BCUT2D eigenvalue weighted by Crippen LogP contribution is -2.28. The van der Waals surface area contributed by atoms with Gasteiger partial charge >= 0.3 is 5.97 Å². The maximum atomic E-state index is 11.8. The Morgan fingerprint density at radius 1 is 1.32 bits per heavy atom. The van der Waals surface area contributed by atoms with Crippen molar-refractivity contribution >= 4 is 17.6 Å². The van der Waals surface area contributed by atoms with Crippen LogP contribution >= 0.6 is 0 Å². The summed E-state index contributed by atoms with van der Waals surface area (Å²) in [6.07, 6.45) is 1.42. The van der Waals surface area contributed by atoms with Crippen LogP contribution in [0, 0.1) is 0 Å². The number of carboxylic acids is 1. The third-order valence-corrected chi connectivity index (χ3v) is 2.63. The van der Waals surface area contributed by atoms with Crippen LogP contribution in [0.5, 0.6) is 0 Å². The van der Waals surface area contributed by atoms with E-state index in [1.807, 2.05) is 0 Å². The molecule has 1 atom stereocenters. The number of benzene rings is 1. The Hall–Kier alpha value is -1.88. The Kier molecular flexibility index (Phi) is 6.02. The monoisotopic (exact) mass is 265 g/mol. The van der Waals surface area contributed by atoms with E-state index in [-0.39, 0.29) is 11.5 Å². The summed E-state index contributed by atoms with van der Waals surface area (Å²) in [5, 5.41) is 11.4. The largest absolute Gasteiger partial charge is 0.478 e. The number of amides is 1. The smallest absolute Gasteiger partial charge is 0.335 e. The van der Waals surface area contributed by atoms with Crippen LogP contribution < -0.4 is 5.32 Å². The Morgan fingerprint density at radius 2 is 1.95 bits per heavy atom. The number of aromatic carboxylic acids is 1. The van der Waals surface area contributed by atoms with Gasteiger partial charge in [-0.05, 0) is 37.6 Å². The van der Waals surface area contributed by atoms with Crippen molar-refractivity contribution < 1.29 is 19.4 Å². The lowest BCUT2D eigenvalue weighted by Gasteiger charge is -2.13. The highest BCUT2D eigenvalue weighted by Crippen LogP contribution is 2.10. The van der Waals surface area contributed by atoms with Gasteiger partial charge in [0.2, 0.25) is 0 Å². The number of anilines is 1. The molecule has 0 aliphatic rings. The van der Waals surface area contributed by atoms with Crippen LogP contribution in [0.15, 0.2) is 24.3 Å². The Bertz CT molecular complexity index is 428. The molecule has 104 valence electrons. The fraction of sp³-hybridized carbons (Fsp3) is 0.429. The summed E-state index contributed by atoms with van der Waals surface area (Å²) in [6.45, 7) is 4.30. The lowest BCUT2D eigenvalue weighted by atomic mass is 10.2. The standard InChI is InChI=1S/C14H19NO4/c1-3-4-9-19-10(2)13(16)15-12-7-5-11(6-8-12)14(17)18/h5-8,10H,3-4,9H2,1-2H3,(H,15,16)(H,17,18). The van der Waals surface area contributed by atoms with Crippen LogP contribution in [0.1, 0.15) is 37.0 Å². The summed E-state index contributed by atoms with van der Waals surface area (Å²) in [4.78, 5) is 22.5. The molecule has 5 nitrogen and oxygen atoms in total. The molecule has 1 rings (SSSR count). The zero-order valence-electron chi connectivity index (χ0n) is 11.2. The molecule has 0 heterocycles. The van der Waals surface area contributed by atoms with E-state index < -0.39 is 12.1 Å². The average Bonchev–Trinajstić information content (AvgIpc) is 2.39. The SMILES string of the molecule is CCCCOC(C)C(=O)Nc1ccc(C(=O)O)cc1. The van der Waals surface area contributed by atoms with Crippen molar-refractivity contribution in [3.63, 3.8) is 0 Å². The summed E-state index contributed by atoms with van der Waals surface area (Å²) in [5.41, 5.74) is 0.742. The maximum Gasteiger partial charge on any atom is 0.335 e. The minimum atomic E-state index is -0.992. The van der Waals surface area contributed by atoms with E-state index in [0.29, 0.717) is 12.3 Å². The zero-order valence-corrected chi connectivity index (χ0v) is 11.2. The summed E-state index contributed by atoms with van der Waals surface area (Å²) < 4.78 is 5.37. The van der Waals surface area contributed by atoms with Crippen LogP contribution in [0.25, 0.3) is 0 Å². The molecule has 19 heavy (non-hydrogen) atoms. The van der Waals surface area contributed by atoms with Crippen LogP contribution in [-0.2, 0) is 9.53 Å². The number of hydrogen-bond donors (Lipinski definition) is 2. The molecular formula is C14H19NO4. The van der Waals surface area contributed by atoms with Gasteiger partial charge < -0.3 is 15.2 Å². The Balaban J connectivity index is 2.49. The Morgan fingerprint density at radius 3 is 2.47 bits per heavy atom. The van der Waals surface area contributed by atoms with Gasteiger partial charge in [-0.2, -0.15) is 0 Å². The summed E-state index contributed by atoms with van der Waals surface area (Å²) in [5.74, 6) is -1.23. The topological polar surface area (TPSA) is 75.6 Å². The van der Waals surface area contributed by atoms with E-state index in [1.165, 1.54) is 12.1 Å². The predicted octanol–water partition coefficient (Wildman–Crippen LogP) is 2.53. The van der Waals surface area contributed by atoms with Gasteiger partial charge in [-0.25, -0.2) is 4.79 Å². The molecule has 0 saturated carbocycles. The van der Waals surface area contributed by atoms with Gasteiger partial charge in [-0.3, -0.25) is 4.79 Å². The van der Waals surface area contributed by atoms with Crippen molar-refractivity contribution in [1.82, 2.24) is 0 Å². The van der Waals surface area contributed by atoms with E-state index in [2.05, 4.69) is 12.2 Å². The molecule has 2 N–H and O–H groups in total. The van der Waals surface area contributed by atoms with Gasteiger partial charge in [0.1, 0.15) is 6.10 Å². The third kappa shape index (κ3) is 5.09. The molecule has 1 aromatic rings. The molecule has 1 amide bonds. The number of hydrogen-bond acceptors (Lipinski definition) is 3. The van der Waals surface area contributed by atoms with E-state index in [9.17, 15) is 9.59 Å². The maximum absolute atomic E-state index is 11.8. The van der Waals surface area contributed by atoms with E-state index in [1.54, 1.807) is 19.1 Å². The molecular weight excluding hydrogens is 246 g/mol. The molecule has 0 aliphatic carbocycles. The van der Waals surface area contributed by atoms with Crippen molar-refractivity contribution in [2.75, 3.05) is 11.9 Å². The van der Waals surface area contributed by atoms with E-state index in [4.69, 9.17) is 9.84 Å². The number of unbranched alkanes of at least 4 members (excludes halogenated alkanes) is 1. The van der Waals surface area contributed by atoms with Gasteiger partial charge in [-0.1, -0.05) is 13.3 Å². The van der Waals surface area contributed by atoms with Gasteiger partial charge in [0, 0.05) is 12.3 Å². The molecule has 0 aromatic heterocycles. The number of rotatable bonds is 7. The van der Waals surface area contributed by atoms with Crippen LogP contribution in [0.4, 0.5) is 5.69 Å². The molecule has 1 aromatic carbocycles. The first-order valence-electron chi connectivity index (χ1n) is 6.30. The molecule has 5 heteroatoms. The second kappa shape index (κ2) is 7.53. The molecule has 0 fully saturated rings. The highest BCUT2D eigenvalue weighted by molar-refractivity contribution is 5.94. The van der Waals surface area contributed by atoms with Crippen molar-refractivity contribution in [2.24, 2.45) is 0 Å². The van der Waals surface area contributed by atoms with Crippen molar-refractivity contribution in [1.29, 1.82) is 0 Å². The first-order chi connectivity index (χ1) is 9.04. The number of carboxylic acid groups (broad SMARTS) is 1. The van der Waals surface area contributed by atoms with Crippen molar-refractivity contribution in [3.8, 4) is 0 Å². The molecule has 0 radical (unpaired) electrons. The highest BCUT2D eigenvalue weighted by atomic mass is 16.5. The molecule has 0 aliphatic heterocycles. The summed E-state index contributed by atoms with van der Waals surface area (Å²) in [7, 11) is 0. The second-order valence-corrected chi connectivity index (χ2v) is 4.24. The summed E-state index contributed by atoms with van der Waals surface area (Å²) >= 11 is 0. The van der Waals surface area contributed by atoms with Crippen molar-refractivity contribution in [2.45, 2.75) is 32.8 Å². The summed E-state index contributed by atoms with van der Waals surface area (Å²) in [6, 6.07) is 6.00. The minimum absolute atomic E-state index is 0.185. The average molecular weight is 265 g/mol.